The minimum absolute atomic E-state index is 0.0233. The second-order valence-corrected chi connectivity index (χ2v) is 6.69. The van der Waals surface area contributed by atoms with Crippen LogP contribution in [0.5, 0.6) is 0 Å². The molecule has 2 fully saturated rings. The van der Waals surface area contributed by atoms with Gasteiger partial charge in [-0.25, -0.2) is 9.18 Å². The van der Waals surface area contributed by atoms with Crippen molar-refractivity contribution in [3.63, 3.8) is 0 Å². The van der Waals surface area contributed by atoms with Crippen LogP contribution in [-0.2, 0) is 9.53 Å². The Kier molecular flexibility index (Phi) is 5.53. The maximum Gasteiger partial charge on any atom is 0.317 e. The summed E-state index contributed by atoms with van der Waals surface area (Å²) in [4.78, 5) is 25.2. The molecule has 1 aliphatic carbocycles. The van der Waals surface area contributed by atoms with Crippen LogP contribution in [0.1, 0.15) is 37.4 Å². The lowest BCUT2D eigenvalue weighted by molar-refractivity contribution is -0.142. The quantitative estimate of drug-likeness (QED) is 0.878. The number of aliphatic carboxylic acids is 1. The smallest absolute Gasteiger partial charge is 0.317 e. The molecule has 1 aromatic carbocycles. The van der Waals surface area contributed by atoms with E-state index in [0.29, 0.717) is 45.4 Å². The number of urea groups is 1. The number of carboxylic acid groups (broad SMARTS) is 1. The van der Waals surface area contributed by atoms with Crippen LogP contribution in [0.4, 0.5) is 9.18 Å². The number of hydrogen-bond donors (Lipinski definition) is 2. The minimum Gasteiger partial charge on any atom is -0.481 e. The number of carbonyl (C=O) groups is 2. The van der Waals surface area contributed by atoms with E-state index in [1.54, 1.807) is 17.0 Å². The Bertz CT molecular complexity index is 614. The van der Waals surface area contributed by atoms with Gasteiger partial charge in [0.1, 0.15) is 11.9 Å². The molecule has 6 nitrogen and oxygen atoms in total. The summed E-state index contributed by atoms with van der Waals surface area (Å²) in [6.07, 6.45) is 2.31. The number of ether oxygens (including phenoxy) is 1. The molecule has 1 saturated heterocycles. The minimum atomic E-state index is -0.750. The number of morpholine rings is 1. The van der Waals surface area contributed by atoms with Crippen molar-refractivity contribution in [2.24, 2.45) is 5.92 Å². The van der Waals surface area contributed by atoms with Crippen LogP contribution in [0.3, 0.4) is 0 Å². The third-order valence-corrected chi connectivity index (χ3v) is 5.00. The second kappa shape index (κ2) is 7.82. The van der Waals surface area contributed by atoms with Crippen molar-refractivity contribution < 1.29 is 23.8 Å². The maximum absolute atomic E-state index is 13.0. The van der Waals surface area contributed by atoms with Crippen LogP contribution >= 0.6 is 0 Å². The van der Waals surface area contributed by atoms with Crippen LogP contribution in [0.25, 0.3) is 0 Å². The number of carbonyl (C=O) groups excluding carboxylic acids is 1. The average Bonchev–Trinajstić information content (AvgIpc) is 2.63. The molecule has 1 heterocycles. The first-order valence-electron chi connectivity index (χ1n) is 8.68. The fourth-order valence-corrected chi connectivity index (χ4v) is 3.46. The van der Waals surface area contributed by atoms with Gasteiger partial charge in [0, 0.05) is 12.6 Å². The highest BCUT2D eigenvalue weighted by atomic mass is 19.1. The fraction of sp³-hybridized carbons (Fsp3) is 0.556. The zero-order valence-electron chi connectivity index (χ0n) is 14.0. The maximum atomic E-state index is 13.0. The molecule has 0 aromatic heterocycles. The molecule has 7 heteroatoms. The molecule has 25 heavy (non-hydrogen) atoms. The van der Waals surface area contributed by atoms with E-state index in [1.807, 2.05) is 0 Å². The monoisotopic (exact) mass is 350 g/mol. The topological polar surface area (TPSA) is 78.9 Å². The molecule has 0 radical (unpaired) electrons. The lowest BCUT2D eigenvalue weighted by atomic mass is 9.86. The Balaban J connectivity index is 1.52. The first kappa shape index (κ1) is 17.7. The second-order valence-electron chi connectivity index (χ2n) is 6.69. The van der Waals surface area contributed by atoms with Gasteiger partial charge in [0.25, 0.3) is 0 Å². The standard InChI is InChI=1S/C18H23FN2O4/c19-14-5-1-12(2-6-14)16-11-21(9-10-25-16)18(24)20-15-7-3-13(4-8-15)17(22)23/h1-2,5-6,13,15-16H,3-4,7-11H2,(H,20,24)(H,22,23). The average molecular weight is 350 g/mol. The number of rotatable bonds is 3. The molecular formula is C18H23FN2O4. The lowest BCUT2D eigenvalue weighted by Gasteiger charge is -2.35. The van der Waals surface area contributed by atoms with Crippen molar-refractivity contribution in [3.8, 4) is 0 Å². The lowest BCUT2D eigenvalue weighted by Crippen LogP contribution is -2.50. The Morgan fingerprint density at radius 3 is 2.48 bits per heavy atom. The van der Waals surface area contributed by atoms with Crippen molar-refractivity contribution in [1.29, 1.82) is 0 Å². The number of amides is 2. The summed E-state index contributed by atoms with van der Waals surface area (Å²) < 4.78 is 18.7. The molecule has 136 valence electrons. The van der Waals surface area contributed by atoms with E-state index in [1.165, 1.54) is 12.1 Å². The van der Waals surface area contributed by atoms with Gasteiger partial charge in [-0.3, -0.25) is 4.79 Å². The van der Waals surface area contributed by atoms with E-state index in [-0.39, 0.29) is 29.9 Å². The molecule has 1 atom stereocenters. The van der Waals surface area contributed by atoms with E-state index in [2.05, 4.69) is 5.32 Å². The number of nitrogens with one attached hydrogen (secondary N) is 1. The summed E-state index contributed by atoms with van der Waals surface area (Å²) in [5.74, 6) is -1.34. The zero-order valence-corrected chi connectivity index (χ0v) is 14.0. The molecular weight excluding hydrogens is 327 g/mol. The molecule has 1 aromatic rings. The number of nitrogens with zero attached hydrogens (tertiary/aromatic N) is 1. The summed E-state index contributed by atoms with van der Waals surface area (Å²) in [5.41, 5.74) is 0.848. The van der Waals surface area contributed by atoms with Crippen molar-refractivity contribution in [3.05, 3.63) is 35.6 Å². The SMILES string of the molecule is O=C(O)C1CCC(NC(=O)N2CCOC(c3ccc(F)cc3)C2)CC1. The third-order valence-electron chi connectivity index (χ3n) is 5.00. The van der Waals surface area contributed by atoms with Crippen molar-refractivity contribution in [2.45, 2.75) is 37.8 Å². The number of halogens is 1. The molecule has 0 spiro atoms. The van der Waals surface area contributed by atoms with Gasteiger partial charge in [-0.2, -0.15) is 0 Å². The van der Waals surface area contributed by atoms with Crippen LogP contribution < -0.4 is 5.32 Å². The first-order chi connectivity index (χ1) is 12.0. The van der Waals surface area contributed by atoms with Gasteiger partial charge >= 0.3 is 12.0 Å². The Labute approximate surface area is 146 Å². The largest absolute Gasteiger partial charge is 0.481 e. The predicted octanol–water partition coefficient (Wildman–Crippen LogP) is 2.55. The normalized spacial score (nSPS) is 26.9. The van der Waals surface area contributed by atoms with E-state index in [4.69, 9.17) is 9.84 Å². The van der Waals surface area contributed by atoms with Gasteiger partial charge in [0.15, 0.2) is 0 Å². The van der Waals surface area contributed by atoms with Crippen LogP contribution in [-0.4, -0.2) is 47.7 Å². The molecule has 3 rings (SSSR count). The van der Waals surface area contributed by atoms with Gasteiger partial charge < -0.3 is 20.1 Å². The van der Waals surface area contributed by atoms with Crippen molar-refractivity contribution >= 4 is 12.0 Å². The molecule has 2 N–H and O–H groups in total. The highest BCUT2D eigenvalue weighted by molar-refractivity contribution is 5.75. The molecule has 0 bridgehead atoms. The van der Waals surface area contributed by atoms with E-state index in [9.17, 15) is 14.0 Å². The van der Waals surface area contributed by atoms with Crippen molar-refractivity contribution in [2.75, 3.05) is 19.7 Å². The zero-order chi connectivity index (χ0) is 17.8. The van der Waals surface area contributed by atoms with Crippen LogP contribution in [0.2, 0.25) is 0 Å². The summed E-state index contributed by atoms with van der Waals surface area (Å²) in [6, 6.07) is 6.00. The Morgan fingerprint density at radius 1 is 1.16 bits per heavy atom. The van der Waals surface area contributed by atoms with E-state index in [0.717, 1.165) is 5.56 Å². The summed E-state index contributed by atoms with van der Waals surface area (Å²) in [7, 11) is 0. The molecule has 1 aliphatic heterocycles. The predicted molar refractivity (Wildman–Crippen MR) is 88.6 cm³/mol. The van der Waals surface area contributed by atoms with Crippen LogP contribution in [0, 0.1) is 11.7 Å². The Morgan fingerprint density at radius 2 is 1.84 bits per heavy atom. The van der Waals surface area contributed by atoms with Gasteiger partial charge in [-0.15, -0.1) is 0 Å². The summed E-state index contributed by atoms with van der Waals surface area (Å²) in [6.45, 7) is 1.36. The molecule has 1 unspecified atom stereocenters. The van der Waals surface area contributed by atoms with Gasteiger partial charge in [0.2, 0.25) is 0 Å². The highest BCUT2D eigenvalue weighted by Crippen LogP contribution is 2.26. The number of carboxylic acids is 1. The fourth-order valence-electron chi connectivity index (χ4n) is 3.46. The van der Waals surface area contributed by atoms with Gasteiger partial charge in [0.05, 0.1) is 19.1 Å². The summed E-state index contributed by atoms with van der Waals surface area (Å²) in [5, 5.41) is 12.0. The molecule has 2 aliphatic rings. The van der Waals surface area contributed by atoms with Gasteiger partial charge in [-0.05, 0) is 43.4 Å². The van der Waals surface area contributed by atoms with Crippen LogP contribution in [0.15, 0.2) is 24.3 Å². The Hall–Kier alpha value is -2.15. The van der Waals surface area contributed by atoms with Gasteiger partial charge in [-0.1, -0.05) is 12.1 Å². The summed E-state index contributed by atoms with van der Waals surface area (Å²) >= 11 is 0. The third kappa shape index (κ3) is 4.48. The number of benzene rings is 1. The first-order valence-corrected chi connectivity index (χ1v) is 8.68. The van der Waals surface area contributed by atoms with Crippen molar-refractivity contribution in [1.82, 2.24) is 10.2 Å². The molecule has 1 saturated carbocycles. The molecule has 2 amide bonds. The van der Waals surface area contributed by atoms with E-state index >= 15 is 0 Å². The highest BCUT2D eigenvalue weighted by Gasteiger charge is 2.30. The van der Waals surface area contributed by atoms with E-state index < -0.39 is 5.97 Å². The number of hydrogen-bond acceptors (Lipinski definition) is 3.